The van der Waals surface area contributed by atoms with Gasteiger partial charge in [0.15, 0.2) is 0 Å². The van der Waals surface area contributed by atoms with Gasteiger partial charge in [-0.05, 0) is 57.5 Å². The van der Waals surface area contributed by atoms with Crippen molar-refractivity contribution in [3.63, 3.8) is 0 Å². The number of nitrogens with one attached hydrogen (secondary N) is 1. The largest absolute Gasteiger partial charge is 0.481 e. The average molecular weight is 296 g/mol. The number of carbonyl (C=O) groups is 2. The van der Waals surface area contributed by atoms with Crippen LogP contribution in [0.4, 0.5) is 0 Å². The lowest BCUT2D eigenvalue weighted by Crippen LogP contribution is -2.49. The van der Waals surface area contributed by atoms with E-state index in [0.717, 1.165) is 32.5 Å². The fourth-order valence-electron chi connectivity index (χ4n) is 3.62. The molecule has 2 rings (SSSR count). The summed E-state index contributed by atoms with van der Waals surface area (Å²) < 4.78 is 0. The van der Waals surface area contributed by atoms with Crippen LogP contribution in [0, 0.1) is 11.3 Å². The van der Waals surface area contributed by atoms with Gasteiger partial charge in [-0.3, -0.25) is 9.59 Å². The van der Waals surface area contributed by atoms with Crippen LogP contribution in [0.3, 0.4) is 0 Å². The number of hydrogen-bond donors (Lipinski definition) is 2. The molecule has 0 aromatic carbocycles. The van der Waals surface area contributed by atoms with Crippen LogP contribution < -0.4 is 5.32 Å². The number of piperidine rings is 2. The van der Waals surface area contributed by atoms with Gasteiger partial charge in [0.1, 0.15) is 0 Å². The Morgan fingerprint density at radius 1 is 1.38 bits per heavy atom. The van der Waals surface area contributed by atoms with Crippen molar-refractivity contribution in [3.8, 4) is 0 Å². The number of hydrogen-bond acceptors (Lipinski definition) is 3. The van der Waals surface area contributed by atoms with E-state index in [1.807, 2.05) is 6.92 Å². The first-order valence-corrected chi connectivity index (χ1v) is 8.29. The van der Waals surface area contributed by atoms with E-state index in [-0.39, 0.29) is 5.91 Å². The minimum absolute atomic E-state index is 0.138. The number of rotatable bonds is 5. The standard InChI is InChI=1S/C16H28N2O3/c1-2-16(15(20)21)8-4-10-18(12-16)14(19)7-6-13-5-3-9-17-11-13/h13,17H,2-12H2,1H3,(H,20,21). The molecule has 0 aromatic rings. The molecule has 0 bridgehead atoms. The Hall–Kier alpha value is -1.10. The molecule has 2 heterocycles. The summed E-state index contributed by atoms with van der Waals surface area (Å²) in [5.41, 5.74) is -0.722. The fraction of sp³-hybridized carbons (Fsp3) is 0.875. The molecule has 0 aromatic heterocycles. The van der Waals surface area contributed by atoms with Gasteiger partial charge in [0.25, 0.3) is 0 Å². The highest BCUT2D eigenvalue weighted by molar-refractivity contribution is 5.79. The van der Waals surface area contributed by atoms with Crippen LogP contribution in [-0.2, 0) is 9.59 Å². The van der Waals surface area contributed by atoms with Crippen molar-refractivity contribution in [3.05, 3.63) is 0 Å². The van der Waals surface area contributed by atoms with E-state index in [4.69, 9.17) is 0 Å². The molecule has 2 atom stereocenters. The van der Waals surface area contributed by atoms with E-state index in [2.05, 4.69) is 5.32 Å². The van der Waals surface area contributed by atoms with E-state index < -0.39 is 11.4 Å². The normalized spacial score (nSPS) is 30.1. The molecule has 21 heavy (non-hydrogen) atoms. The molecule has 2 unspecified atom stereocenters. The van der Waals surface area contributed by atoms with Gasteiger partial charge >= 0.3 is 5.97 Å². The van der Waals surface area contributed by atoms with Gasteiger partial charge in [-0.15, -0.1) is 0 Å². The van der Waals surface area contributed by atoms with Gasteiger partial charge in [0, 0.05) is 19.5 Å². The van der Waals surface area contributed by atoms with Crippen LogP contribution >= 0.6 is 0 Å². The Kier molecular flexibility index (Phi) is 5.62. The van der Waals surface area contributed by atoms with E-state index in [1.165, 1.54) is 12.8 Å². The second-order valence-corrected chi connectivity index (χ2v) is 6.61. The third kappa shape index (κ3) is 3.96. The summed E-state index contributed by atoms with van der Waals surface area (Å²) in [7, 11) is 0. The number of carboxylic acid groups (broad SMARTS) is 1. The van der Waals surface area contributed by atoms with Crippen LogP contribution in [0.5, 0.6) is 0 Å². The zero-order valence-corrected chi connectivity index (χ0v) is 13.1. The van der Waals surface area contributed by atoms with Gasteiger partial charge in [-0.25, -0.2) is 0 Å². The monoisotopic (exact) mass is 296 g/mol. The minimum atomic E-state index is -0.751. The summed E-state index contributed by atoms with van der Waals surface area (Å²) in [6.45, 7) is 5.13. The molecule has 2 fully saturated rings. The van der Waals surface area contributed by atoms with E-state index >= 15 is 0 Å². The summed E-state index contributed by atoms with van der Waals surface area (Å²) in [6.07, 6.45) is 5.97. The van der Waals surface area contributed by atoms with Crippen LogP contribution in [0.2, 0.25) is 0 Å². The van der Waals surface area contributed by atoms with Gasteiger partial charge < -0.3 is 15.3 Å². The number of aliphatic carboxylic acids is 1. The lowest BCUT2D eigenvalue weighted by atomic mass is 9.77. The lowest BCUT2D eigenvalue weighted by molar-refractivity contribution is -0.155. The smallest absolute Gasteiger partial charge is 0.311 e. The Morgan fingerprint density at radius 3 is 2.81 bits per heavy atom. The Morgan fingerprint density at radius 2 is 2.19 bits per heavy atom. The van der Waals surface area contributed by atoms with E-state index in [0.29, 0.717) is 31.7 Å². The molecule has 2 N–H and O–H groups in total. The van der Waals surface area contributed by atoms with Crippen molar-refractivity contribution in [1.29, 1.82) is 0 Å². The maximum absolute atomic E-state index is 12.4. The maximum atomic E-state index is 12.4. The highest BCUT2D eigenvalue weighted by Crippen LogP contribution is 2.34. The van der Waals surface area contributed by atoms with Crippen LogP contribution in [0.1, 0.15) is 51.9 Å². The topological polar surface area (TPSA) is 69.6 Å². The van der Waals surface area contributed by atoms with Crippen molar-refractivity contribution < 1.29 is 14.7 Å². The number of amides is 1. The predicted molar refractivity (Wildman–Crippen MR) is 81.0 cm³/mol. The minimum Gasteiger partial charge on any atom is -0.481 e. The van der Waals surface area contributed by atoms with Crippen molar-refractivity contribution in [2.75, 3.05) is 26.2 Å². The maximum Gasteiger partial charge on any atom is 0.311 e. The first-order chi connectivity index (χ1) is 10.1. The molecule has 2 saturated heterocycles. The molecule has 0 spiro atoms. The lowest BCUT2D eigenvalue weighted by Gasteiger charge is -2.39. The van der Waals surface area contributed by atoms with Crippen molar-refractivity contribution in [2.45, 2.75) is 51.9 Å². The summed E-state index contributed by atoms with van der Waals surface area (Å²) in [5, 5.41) is 12.8. The van der Waals surface area contributed by atoms with Gasteiger partial charge in [-0.1, -0.05) is 6.92 Å². The number of likely N-dealkylation sites (tertiary alicyclic amines) is 1. The Bertz CT molecular complexity index is 380. The fourth-order valence-corrected chi connectivity index (χ4v) is 3.62. The number of nitrogens with zero attached hydrogens (tertiary/aromatic N) is 1. The van der Waals surface area contributed by atoms with E-state index in [9.17, 15) is 14.7 Å². The molecule has 2 aliphatic heterocycles. The molecule has 0 aliphatic carbocycles. The molecule has 0 saturated carbocycles. The molecule has 120 valence electrons. The zero-order chi connectivity index (χ0) is 15.3. The summed E-state index contributed by atoms with van der Waals surface area (Å²) >= 11 is 0. The highest BCUT2D eigenvalue weighted by Gasteiger charge is 2.41. The number of carboxylic acids is 1. The molecular formula is C16H28N2O3. The van der Waals surface area contributed by atoms with Crippen molar-refractivity contribution >= 4 is 11.9 Å². The van der Waals surface area contributed by atoms with Gasteiger partial charge in [0.05, 0.1) is 5.41 Å². The van der Waals surface area contributed by atoms with Crippen molar-refractivity contribution in [1.82, 2.24) is 10.2 Å². The summed E-state index contributed by atoms with van der Waals surface area (Å²) in [5.74, 6) is -0.0128. The van der Waals surface area contributed by atoms with Gasteiger partial charge in [-0.2, -0.15) is 0 Å². The predicted octanol–water partition coefficient (Wildman–Crippen LogP) is 1.87. The first kappa shape index (κ1) is 16.3. The second kappa shape index (κ2) is 7.25. The summed E-state index contributed by atoms with van der Waals surface area (Å²) in [6, 6.07) is 0. The molecule has 0 radical (unpaired) electrons. The molecule has 5 heteroatoms. The van der Waals surface area contributed by atoms with Crippen LogP contribution in [-0.4, -0.2) is 48.1 Å². The molecular weight excluding hydrogens is 268 g/mol. The SMILES string of the molecule is CCC1(C(=O)O)CCCN(C(=O)CCC2CCCNC2)C1. The second-order valence-electron chi connectivity index (χ2n) is 6.61. The number of carbonyl (C=O) groups excluding carboxylic acids is 1. The van der Waals surface area contributed by atoms with Crippen molar-refractivity contribution in [2.24, 2.45) is 11.3 Å². The van der Waals surface area contributed by atoms with Gasteiger partial charge in [0.2, 0.25) is 5.91 Å². The summed E-state index contributed by atoms with van der Waals surface area (Å²) in [4.78, 5) is 25.7. The van der Waals surface area contributed by atoms with E-state index in [1.54, 1.807) is 4.90 Å². The quantitative estimate of drug-likeness (QED) is 0.812. The third-order valence-corrected chi connectivity index (χ3v) is 5.23. The van der Waals surface area contributed by atoms with Crippen LogP contribution in [0.25, 0.3) is 0 Å². The molecule has 5 nitrogen and oxygen atoms in total. The third-order valence-electron chi connectivity index (χ3n) is 5.23. The molecule has 1 amide bonds. The average Bonchev–Trinajstić information content (AvgIpc) is 2.53. The Labute approximate surface area is 127 Å². The Balaban J connectivity index is 1.85. The van der Waals surface area contributed by atoms with Crippen LogP contribution in [0.15, 0.2) is 0 Å². The first-order valence-electron chi connectivity index (χ1n) is 8.29. The molecule has 2 aliphatic rings. The highest BCUT2D eigenvalue weighted by atomic mass is 16.4. The zero-order valence-electron chi connectivity index (χ0n) is 13.1.